The molecule has 3 atom stereocenters. The number of aryl methyl sites for hydroxylation is 1. The van der Waals surface area contributed by atoms with Gasteiger partial charge in [-0.25, -0.2) is 10.1 Å². The SMILES string of the molecule is Cc1nn(-c2ccccc2)c(C)c1C(=O)Nc1ccc(C2NNC(=O)C3CCCCC32)cc1. The summed E-state index contributed by atoms with van der Waals surface area (Å²) in [5.74, 6) is 0.329. The minimum Gasteiger partial charge on any atom is -0.322 e. The van der Waals surface area contributed by atoms with Gasteiger partial charge in [-0.3, -0.25) is 15.0 Å². The Kier molecular flexibility index (Phi) is 5.72. The molecular weight excluding hydrogens is 414 g/mol. The number of rotatable bonds is 4. The van der Waals surface area contributed by atoms with Gasteiger partial charge in [0.15, 0.2) is 0 Å². The Balaban J connectivity index is 1.32. The van der Waals surface area contributed by atoms with Crippen LogP contribution in [-0.4, -0.2) is 21.6 Å². The molecule has 0 bridgehead atoms. The molecular formula is C26H29N5O2. The van der Waals surface area contributed by atoms with E-state index in [9.17, 15) is 9.59 Å². The number of para-hydroxylation sites is 1. The molecule has 1 aromatic heterocycles. The van der Waals surface area contributed by atoms with Crippen molar-refractivity contribution in [2.24, 2.45) is 11.8 Å². The summed E-state index contributed by atoms with van der Waals surface area (Å²) < 4.78 is 1.80. The van der Waals surface area contributed by atoms with Crippen LogP contribution >= 0.6 is 0 Å². The number of carbonyl (C=O) groups is 2. The van der Waals surface area contributed by atoms with Crippen LogP contribution in [0.25, 0.3) is 5.69 Å². The minimum atomic E-state index is -0.171. The maximum absolute atomic E-state index is 13.1. The standard InChI is InChI=1S/C26H29N5O2/c1-16-23(17(2)31(30-16)20-8-4-3-5-9-20)26(33)27-19-14-12-18(13-15-19)24-21-10-6-7-11-22(21)25(32)29-28-24/h3-5,8-9,12-15,21-22,24,28H,6-7,10-11H2,1-2H3,(H,27,33)(H,29,32). The van der Waals surface area contributed by atoms with E-state index < -0.39 is 0 Å². The number of nitrogens with zero attached hydrogens (tertiary/aromatic N) is 2. The predicted octanol–water partition coefficient (Wildman–Crippen LogP) is 4.22. The van der Waals surface area contributed by atoms with Gasteiger partial charge in [-0.05, 0) is 62.4 Å². The van der Waals surface area contributed by atoms with Crippen molar-refractivity contribution in [3.8, 4) is 5.69 Å². The molecule has 2 heterocycles. The van der Waals surface area contributed by atoms with Crippen LogP contribution in [0.15, 0.2) is 54.6 Å². The fourth-order valence-corrected chi connectivity index (χ4v) is 5.32. The Morgan fingerprint density at radius 3 is 2.52 bits per heavy atom. The number of hydrazine groups is 1. The summed E-state index contributed by atoms with van der Waals surface area (Å²) in [6, 6.07) is 17.8. The molecule has 3 aromatic rings. The molecule has 1 aliphatic carbocycles. The van der Waals surface area contributed by atoms with Gasteiger partial charge in [0.25, 0.3) is 5.91 Å². The highest BCUT2D eigenvalue weighted by Gasteiger charge is 2.40. The Hall–Kier alpha value is -3.45. The van der Waals surface area contributed by atoms with Crippen molar-refractivity contribution < 1.29 is 9.59 Å². The number of hydrogen-bond acceptors (Lipinski definition) is 4. The third-order valence-corrected chi connectivity index (χ3v) is 6.98. The van der Waals surface area contributed by atoms with E-state index in [1.54, 1.807) is 4.68 Å². The van der Waals surface area contributed by atoms with Gasteiger partial charge in [-0.1, -0.05) is 43.2 Å². The summed E-state index contributed by atoms with van der Waals surface area (Å²) in [6.07, 6.45) is 4.29. The average Bonchev–Trinajstić information content (AvgIpc) is 3.14. The number of aromatic nitrogens is 2. The minimum absolute atomic E-state index is 0.0801. The van der Waals surface area contributed by atoms with Crippen molar-refractivity contribution >= 4 is 17.5 Å². The Morgan fingerprint density at radius 2 is 1.76 bits per heavy atom. The number of nitrogens with one attached hydrogen (secondary N) is 3. The van der Waals surface area contributed by atoms with Gasteiger partial charge in [0.1, 0.15) is 0 Å². The molecule has 1 saturated carbocycles. The molecule has 2 aromatic carbocycles. The van der Waals surface area contributed by atoms with Crippen molar-refractivity contribution in [2.75, 3.05) is 5.32 Å². The van der Waals surface area contributed by atoms with E-state index in [0.717, 1.165) is 48.3 Å². The number of hydrogen-bond donors (Lipinski definition) is 3. The second kappa shape index (κ2) is 8.83. The van der Waals surface area contributed by atoms with Gasteiger partial charge in [-0.15, -0.1) is 0 Å². The third kappa shape index (κ3) is 4.04. The Bertz CT molecular complexity index is 1170. The van der Waals surface area contributed by atoms with Crippen molar-refractivity contribution in [3.05, 3.63) is 77.1 Å². The van der Waals surface area contributed by atoms with E-state index >= 15 is 0 Å². The highest BCUT2D eigenvalue weighted by Crippen LogP contribution is 2.40. The molecule has 0 radical (unpaired) electrons. The summed E-state index contributed by atoms with van der Waals surface area (Å²) in [5, 5.41) is 7.59. The maximum atomic E-state index is 13.1. The smallest absolute Gasteiger partial charge is 0.259 e. The molecule has 0 spiro atoms. The predicted molar refractivity (Wildman–Crippen MR) is 127 cm³/mol. The summed E-state index contributed by atoms with van der Waals surface area (Å²) >= 11 is 0. The fourth-order valence-electron chi connectivity index (χ4n) is 5.32. The van der Waals surface area contributed by atoms with E-state index in [4.69, 9.17) is 0 Å². The Labute approximate surface area is 193 Å². The molecule has 3 unspecified atom stereocenters. The van der Waals surface area contributed by atoms with Gasteiger partial charge in [0.05, 0.1) is 28.7 Å². The molecule has 3 N–H and O–H groups in total. The molecule has 33 heavy (non-hydrogen) atoms. The molecule has 1 aliphatic heterocycles. The van der Waals surface area contributed by atoms with E-state index in [2.05, 4.69) is 21.3 Å². The zero-order valence-electron chi connectivity index (χ0n) is 19.0. The first-order valence-corrected chi connectivity index (χ1v) is 11.6. The molecule has 7 nitrogen and oxygen atoms in total. The first kappa shape index (κ1) is 21.4. The molecule has 2 amide bonds. The van der Waals surface area contributed by atoms with Gasteiger partial charge >= 0.3 is 0 Å². The van der Waals surface area contributed by atoms with Gasteiger partial charge in [0.2, 0.25) is 5.91 Å². The van der Waals surface area contributed by atoms with Crippen LogP contribution in [0.3, 0.4) is 0 Å². The van der Waals surface area contributed by atoms with Crippen molar-refractivity contribution in [2.45, 2.75) is 45.6 Å². The van der Waals surface area contributed by atoms with E-state index in [-0.39, 0.29) is 23.8 Å². The van der Waals surface area contributed by atoms with Crippen molar-refractivity contribution in [3.63, 3.8) is 0 Å². The second-order valence-corrected chi connectivity index (χ2v) is 9.04. The first-order valence-electron chi connectivity index (χ1n) is 11.6. The van der Waals surface area contributed by atoms with Crippen LogP contribution < -0.4 is 16.2 Å². The summed E-state index contributed by atoms with van der Waals surface area (Å²) in [4.78, 5) is 25.3. The van der Waals surface area contributed by atoms with Crippen LogP contribution in [0, 0.1) is 25.7 Å². The summed E-state index contributed by atoms with van der Waals surface area (Å²) in [7, 11) is 0. The lowest BCUT2D eigenvalue weighted by Gasteiger charge is -2.41. The van der Waals surface area contributed by atoms with Crippen LogP contribution in [-0.2, 0) is 4.79 Å². The van der Waals surface area contributed by atoms with Gasteiger partial charge in [-0.2, -0.15) is 5.10 Å². The average molecular weight is 444 g/mol. The van der Waals surface area contributed by atoms with Crippen molar-refractivity contribution in [1.82, 2.24) is 20.6 Å². The molecule has 5 rings (SSSR count). The highest BCUT2D eigenvalue weighted by molar-refractivity contribution is 6.06. The maximum Gasteiger partial charge on any atom is 0.259 e. The quantitative estimate of drug-likeness (QED) is 0.563. The lowest BCUT2D eigenvalue weighted by atomic mass is 9.72. The highest BCUT2D eigenvalue weighted by atomic mass is 16.2. The van der Waals surface area contributed by atoms with Crippen molar-refractivity contribution in [1.29, 1.82) is 0 Å². The van der Waals surface area contributed by atoms with Crippen LogP contribution in [0.4, 0.5) is 5.69 Å². The number of benzene rings is 2. The monoisotopic (exact) mass is 443 g/mol. The van der Waals surface area contributed by atoms with Crippen LogP contribution in [0.1, 0.15) is 59.0 Å². The van der Waals surface area contributed by atoms with Gasteiger partial charge < -0.3 is 5.32 Å². The number of anilines is 1. The third-order valence-electron chi connectivity index (χ3n) is 6.98. The second-order valence-electron chi connectivity index (χ2n) is 9.04. The largest absolute Gasteiger partial charge is 0.322 e. The first-order chi connectivity index (χ1) is 16.0. The molecule has 1 saturated heterocycles. The molecule has 170 valence electrons. The number of amides is 2. The fraction of sp³-hybridized carbons (Fsp3) is 0.346. The molecule has 2 aliphatic rings. The number of fused-ring (bicyclic) bond motifs is 1. The topological polar surface area (TPSA) is 88.1 Å². The van der Waals surface area contributed by atoms with E-state index in [1.807, 2.05) is 68.4 Å². The van der Waals surface area contributed by atoms with Gasteiger partial charge in [0, 0.05) is 11.6 Å². The summed E-state index contributed by atoms with van der Waals surface area (Å²) in [6.45, 7) is 3.77. The van der Waals surface area contributed by atoms with Crippen LogP contribution in [0.5, 0.6) is 0 Å². The zero-order valence-corrected chi connectivity index (χ0v) is 19.0. The Morgan fingerprint density at radius 1 is 1.03 bits per heavy atom. The van der Waals surface area contributed by atoms with Crippen LogP contribution in [0.2, 0.25) is 0 Å². The lowest BCUT2D eigenvalue weighted by Crippen LogP contribution is -2.55. The lowest BCUT2D eigenvalue weighted by molar-refractivity contribution is -0.133. The van der Waals surface area contributed by atoms with E-state index in [1.165, 1.54) is 0 Å². The molecule has 2 fully saturated rings. The normalized spacial score (nSPS) is 22.4. The zero-order chi connectivity index (χ0) is 22.9. The summed E-state index contributed by atoms with van der Waals surface area (Å²) in [5.41, 5.74) is 10.9. The van der Waals surface area contributed by atoms with E-state index in [0.29, 0.717) is 17.2 Å². The number of carbonyl (C=O) groups excluding carboxylic acids is 2. The molecule has 7 heteroatoms.